The van der Waals surface area contributed by atoms with Gasteiger partial charge in [-0.1, -0.05) is 36.4 Å². The topological polar surface area (TPSA) is 154 Å². The summed E-state index contributed by atoms with van der Waals surface area (Å²) in [5.74, 6) is -2.28. The van der Waals surface area contributed by atoms with Crippen LogP contribution < -0.4 is 0 Å². The predicted molar refractivity (Wildman–Crippen MR) is 125 cm³/mol. The molecule has 9 nitrogen and oxygen atoms in total. The monoisotopic (exact) mass is 492 g/mol. The number of esters is 1. The SMILES string of the molecule is Cc1cc(O)c2c(c1)[C@@](O)([C@H]1OC[C@@H](OC(=O)c3ccccc3)[C@@H](O)[C@@H]1O)c1cccc(O)c1C2=O. The zero-order valence-corrected chi connectivity index (χ0v) is 19.2. The molecule has 0 radical (unpaired) electrons. The van der Waals surface area contributed by atoms with Crippen molar-refractivity contribution < 1.29 is 44.6 Å². The van der Waals surface area contributed by atoms with E-state index in [0.717, 1.165) is 0 Å². The van der Waals surface area contributed by atoms with E-state index >= 15 is 0 Å². The quantitative estimate of drug-likeness (QED) is 0.343. The Kier molecular flexibility index (Phi) is 5.80. The summed E-state index contributed by atoms with van der Waals surface area (Å²) in [4.78, 5) is 25.7. The van der Waals surface area contributed by atoms with Gasteiger partial charge in [-0.05, 0) is 36.8 Å². The second-order valence-corrected chi connectivity index (χ2v) is 9.05. The fourth-order valence-electron chi connectivity index (χ4n) is 5.03. The van der Waals surface area contributed by atoms with Crippen LogP contribution in [-0.2, 0) is 15.1 Å². The molecule has 9 heteroatoms. The molecule has 0 amide bonds. The number of carbonyl (C=O) groups is 2. The number of benzene rings is 3. The fourth-order valence-corrected chi connectivity index (χ4v) is 5.03. The van der Waals surface area contributed by atoms with Gasteiger partial charge in [0.05, 0.1) is 23.3 Å². The van der Waals surface area contributed by atoms with Crippen molar-refractivity contribution in [1.29, 1.82) is 0 Å². The van der Waals surface area contributed by atoms with Crippen LogP contribution in [0.2, 0.25) is 0 Å². The molecule has 3 aromatic rings. The number of hydrogen-bond donors (Lipinski definition) is 5. The largest absolute Gasteiger partial charge is 0.507 e. The third-order valence-electron chi connectivity index (χ3n) is 6.74. The summed E-state index contributed by atoms with van der Waals surface area (Å²) in [6.07, 6.45) is -6.23. The van der Waals surface area contributed by atoms with Crippen LogP contribution in [0.4, 0.5) is 0 Å². The van der Waals surface area contributed by atoms with E-state index in [2.05, 4.69) is 0 Å². The molecule has 2 aliphatic rings. The molecule has 1 fully saturated rings. The highest BCUT2D eigenvalue weighted by Gasteiger charge is 2.56. The Bertz CT molecular complexity index is 1350. The van der Waals surface area contributed by atoms with Crippen LogP contribution in [0.25, 0.3) is 0 Å². The molecule has 0 spiro atoms. The Balaban J connectivity index is 1.55. The smallest absolute Gasteiger partial charge is 0.338 e. The maximum Gasteiger partial charge on any atom is 0.338 e. The van der Waals surface area contributed by atoms with Gasteiger partial charge >= 0.3 is 5.97 Å². The second-order valence-electron chi connectivity index (χ2n) is 9.05. The number of rotatable bonds is 3. The van der Waals surface area contributed by atoms with E-state index in [1.54, 1.807) is 25.1 Å². The average Bonchev–Trinajstić information content (AvgIpc) is 2.85. The van der Waals surface area contributed by atoms with Crippen LogP contribution >= 0.6 is 0 Å². The van der Waals surface area contributed by atoms with Gasteiger partial charge in [0.25, 0.3) is 0 Å². The summed E-state index contributed by atoms with van der Waals surface area (Å²) < 4.78 is 11.2. The first-order valence-electron chi connectivity index (χ1n) is 11.3. The van der Waals surface area contributed by atoms with Gasteiger partial charge in [0.15, 0.2) is 6.10 Å². The lowest BCUT2D eigenvalue weighted by Gasteiger charge is -2.47. The Morgan fingerprint density at radius 2 is 1.64 bits per heavy atom. The van der Waals surface area contributed by atoms with Crippen molar-refractivity contribution >= 4 is 11.8 Å². The number of hydrogen-bond acceptors (Lipinski definition) is 9. The molecule has 1 aliphatic carbocycles. The number of phenols is 2. The zero-order chi connectivity index (χ0) is 25.8. The molecule has 1 heterocycles. The maximum absolute atomic E-state index is 13.2. The third kappa shape index (κ3) is 3.56. The Labute approximate surface area is 205 Å². The molecular formula is C27H24O9. The highest BCUT2D eigenvalue weighted by molar-refractivity contribution is 6.16. The van der Waals surface area contributed by atoms with Crippen molar-refractivity contribution in [3.63, 3.8) is 0 Å². The molecule has 186 valence electrons. The molecule has 0 unspecified atom stereocenters. The summed E-state index contributed by atoms with van der Waals surface area (Å²) in [6, 6.07) is 15.0. The van der Waals surface area contributed by atoms with Gasteiger partial charge in [-0.2, -0.15) is 0 Å². The van der Waals surface area contributed by atoms with Crippen LogP contribution in [0.3, 0.4) is 0 Å². The number of aliphatic hydroxyl groups excluding tert-OH is 2. The first-order valence-corrected chi connectivity index (χ1v) is 11.3. The van der Waals surface area contributed by atoms with Gasteiger partial charge in [-0.3, -0.25) is 4.79 Å². The fraction of sp³-hybridized carbons (Fsp3) is 0.259. The van der Waals surface area contributed by atoms with E-state index in [1.807, 2.05) is 0 Å². The molecule has 5 atom stereocenters. The summed E-state index contributed by atoms with van der Waals surface area (Å²) in [7, 11) is 0. The van der Waals surface area contributed by atoms with Crippen molar-refractivity contribution in [3.05, 3.63) is 94.0 Å². The second kappa shape index (κ2) is 8.72. The van der Waals surface area contributed by atoms with E-state index in [9.17, 15) is 35.1 Å². The Hall–Kier alpha value is -3.76. The third-order valence-corrected chi connectivity index (χ3v) is 6.74. The number of aliphatic hydroxyl groups is 3. The van der Waals surface area contributed by atoms with Crippen LogP contribution in [-0.4, -0.2) is 68.3 Å². The standard InChI is InChI=1S/C27H24O9/c1-13-10-16-21(18(29)11-13)23(31)20-15(8-5-9-17(20)28)27(16,34)25-24(32)22(30)19(12-35-25)36-26(33)14-6-3-2-4-7-14/h2-11,19,22,24-25,28-30,32,34H,12H2,1H3/t19-,22-,24+,25+,27-/m1/s1. The van der Waals surface area contributed by atoms with Crippen LogP contribution in [0.15, 0.2) is 60.7 Å². The molecule has 0 bridgehead atoms. The molecule has 5 rings (SSSR count). The normalized spacial score (nSPS) is 27.2. The number of ketones is 1. The summed E-state index contributed by atoms with van der Waals surface area (Å²) in [5, 5.41) is 55.2. The van der Waals surface area contributed by atoms with E-state index in [-0.39, 0.29) is 34.4 Å². The lowest BCUT2D eigenvalue weighted by molar-refractivity contribution is -0.231. The predicted octanol–water partition coefficient (Wildman–Crippen LogP) is 1.53. The lowest BCUT2D eigenvalue weighted by Crippen LogP contribution is -2.62. The van der Waals surface area contributed by atoms with Gasteiger partial charge in [0, 0.05) is 11.1 Å². The van der Waals surface area contributed by atoms with Crippen LogP contribution in [0.5, 0.6) is 11.5 Å². The summed E-state index contributed by atoms with van der Waals surface area (Å²) in [5.41, 5.74) is -2.10. The minimum atomic E-state index is -2.25. The van der Waals surface area contributed by atoms with Gasteiger partial charge in [0.2, 0.25) is 5.78 Å². The van der Waals surface area contributed by atoms with Gasteiger partial charge in [0.1, 0.15) is 35.4 Å². The first kappa shape index (κ1) is 24.0. The Morgan fingerprint density at radius 1 is 0.944 bits per heavy atom. The van der Waals surface area contributed by atoms with Crippen molar-refractivity contribution in [1.82, 2.24) is 0 Å². The molecular weight excluding hydrogens is 468 g/mol. The lowest BCUT2D eigenvalue weighted by atomic mass is 9.68. The van der Waals surface area contributed by atoms with E-state index < -0.39 is 53.3 Å². The van der Waals surface area contributed by atoms with E-state index in [4.69, 9.17) is 9.47 Å². The number of ether oxygens (including phenoxy) is 2. The molecule has 5 N–H and O–H groups in total. The number of phenolic OH excluding ortho intramolecular Hbond substituents is 2. The molecule has 1 saturated heterocycles. The van der Waals surface area contributed by atoms with Crippen molar-refractivity contribution in [2.45, 2.75) is 36.9 Å². The van der Waals surface area contributed by atoms with Crippen LogP contribution in [0.1, 0.15) is 43.0 Å². The van der Waals surface area contributed by atoms with Crippen molar-refractivity contribution in [3.8, 4) is 11.5 Å². The molecule has 0 saturated carbocycles. The van der Waals surface area contributed by atoms with Crippen molar-refractivity contribution in [2.24, 2.45) is 0 Å². The van der Waals surface area contributed by atoms with E-state index in [1.165, 1.54) is 42.5 Å². The number of aryl methyl sites for hydroxylation is 1. The van der Waals surface area contributed by atoms with Gasteiger partial charge < -0.3 is 35.0 Å². The van der Waals surface area contributed by atoms with Gasteiger partial charge in [-0.25, -0.2) is 4.79 Å². The maximum atomic E-state index is 13.2. The number of fused-ring (bicyclic) bond motifs is 2. The average molecular weight is 492 g/mol. The minimum Gasteiger partial charge on any atom is -0.507 e. The zero-order valence-electron chi connectivity index (χ0n) is 19.2. The first-order chi connectivity index (χ1) is 17.1. The van der Waals surface area contributed by atoms with E-state index in [0.29, 0.717) is 5.56 Å². The summed E-state index contributed by atoms with van der Waals surface area (Å²) >= 11 is 0. The number of carbonyl (C=O) groups excluding carboxylic acids is 2. The van der Waals surface area contributed by atoms with Gasteiger partial charge in [-0.15, -0.1) is 0 Å². The molecule has 3 aromatic carbocycles. The minimum absolute atomic E-state index is 0.0425. The van der Waals surface area contributed by atoms with Crippen molar-refractivity contribution in [2.75, 3.05) is 6.61 Å². The molecule has 36 heavy (non-hydrogen) atoms. The summed E-state index contributed by atoms with van der Waals surface area (Å²) in [6.45, 7) is 1.27. The van der Waals surface area contributed by atoms with Crippen LogP contribution in [0, 0.1) is 6.92 Å². The highest BCUT2D eigenvalue weighted by atomic mass is 16.6. The highest BCUT2D eigenvalue weighted by Crippen LogP contribution is 2.49. The molecule has 1 aliphatic heterocycles. The Morgan fingerprint density at radius 3 is 2.36 bits per heavy atom. The number of aromatic hydroxyl groups is 2. The molecule has 0 aromatic heterocycles.